The fourth-order valence-electron chi connectivity index (χ4n) is 6.33. The number of hydrogen-bond donors (Lipinski definition) is 2. The predicted molar refractivity (Wildman–Crippen MR) is 84.2 cm³/mol. The average molecular weight is 322 g/mol. The summed E-state index contributed by atoms with van der Waals surface area (Å²) in [6.45, 7) is 4.16. The summed E-state index contributed by atoms with van der Waals surface area (Å²) in [6, 6.07) is 0. The standard InChI is InChI=1S/C19H27FO3/c1-16-7-3-4-13(16)14-6-5-12-10-19(22,23)15(21)11-17(12,2)18(14,20)9-8-16/h5-6,12-14,22-23H,3-4,7-11H2,1-2H3/t12?,13-,14-,16-,17-,18+/m0/s1. The molecule has 0 heterocycles. The molecule has 0 bridgehead atoms. The van der Waals surface area contributed by atoms with Gasteiger partial charge in [0.1, 0.15) is 5.67 Å². The molecule has 3 fully saturated rings. The maximum atomic E-state index is 16.4. The van der Waals surface area contributed by atoms with E-state index in [4.69, 9.17) is 0 Å². The highest BCUT2D eigenvalue weighted by Crippen LogP contribution is 2.67. The molecule has 4 aliphatic rings. The van der Waals surface area contributed by atoms with Gasteiger partial charge in [0, 0.05) is 24.2 Å². The number of rotatable bonds is 0. The molecule has 0 aromatic carbocycles. The number of halogens is 1. The molecular formula is C19H27FO3. The van der Waals surface area contributed by atoms with Gasteiger partial charge < -0.3 is 10.2 Å². The van der Waals surface area contributed by atoms with E-state index in [9.17, 15) is 15.0 Å². The van der Waals surface area contributed by atoms with Gasteiger partial charge in [0.2, 0.25) is 5.79 Å². The van der Waals surface area contributed by atoms with Gasteiger partial charge in [-0.05, 0) is 42.9 Å². The van der Waals surface area contributed by atoms with Gasteiger partial charge in [0.25, 0.3) is 0 Å². The molecule has 0 spiro atoms. The fourth-order valence-corrected chi connectivity index (χ4v) is 6.33. The van der Waals surface area contributed by atoms with Crippen molar-refractivity contribution in [1.29, 1.82) is 0 Å². The largest absolute Gasteiger partial charge is 0.360 e. The fraction of sp³-hybridized carbons (Fsp3) is 0.842. The number of hydrogen-bond acceptors (Lipinski definition) is 3. The van der Waals surface area contributed by atoms with Gasteiger partial charge in [0.15, 0.2) is 5.78 Å². The number of carbonyl (C=O) groups excluding carboxylic acids is 1. The normalized spacial score (nSPS) is 54.3. The second-order valence-electron chi connectivity index (χ2n) is 9.07. The number of aliphatic hydroxyl groups is 2. The van der Waals surface area contributed by atoms with Crippen LogP contribution in [0.4, 0.5) is 4.39 Å². The number of fused-ring (bicyclic) bond motifs is 5. The van der Waals surface area contributed by atoms with Crippen molar-refractivity contribution < 1.29 is 19.4 Å². The van der Waals surface area contributed by atoms with Crippen molar-refractivity contribution in [3.05, 3.63) is 12.2 Å². The molecule has 0 aromatic heterocycles. The lowest BCUT2D eigenvalue weighted by molar-refractivity contribution is -0.224. The van der Waals surface area contributed by atoms with Crippen molar-refractivity contribution in [3.8, 4) is 0 Å². The van der Waals surface area contributed by atoms with Crippen LogP contribution < -0.4 is 0 Å². The van der Waals surface area contributed by atoms with Gasteiger partial charge >= 0.3 is 0 Å². The lowest BCUT2D eigenvalue weighted by Crippen LogP contribution is -2.64. The third-order valence-electron chi connectivity index (χ3n) is 7.98. The molecule has 4 rings (SSSR count). The molecular weight excluding hydrogens is 295 g/mol. The Bertz CT molecular complexity index is 585. The van der Waals surface area contributed by atoms with Crippen molar-refractivity contribution in [2.45, 2.75) is 70.2 Å². The van der Waals surface area contributed by atoms with E-state index in [0.717, 1.165) is 19.3 Å². The maximum absolute atomic E-state index is 16.4. The molecule has 23 heavy (non-hydrogen) atoms. The topological polar surface area (TPSA) is 57.5 Å². The van der Waals surface area contributed by atoms with Crippen molar-refractivity contribution in [2.24, 2.45) is 28.6 Å². The molecule has 1 unspecified atom stereocenters. The van der Waals surface area contributed by atoms with Crippen molar-refractivity contribution >= 4 is 5.78 Å². The zero-order valence-corrected chi connectivity index (χ0v) is 14.0. The second kappa shape index (κ2) is 4.45. The van der Waals surface area contributed by atoms with Gasteiger partial charge in [-0.3, -0.25) is 4.79 Å². The van der Waals surface area contributed by atoms with Crippen LogP contribution >= 0.6 is 0 Å². The Morgan fingerprint density at radius 2 is 1.91 bits per heavy atom. The first-order valence-corrected chi connectivity index (χ1v) is 8.98. The number of carbonyl (C=O) groups is 1. The van der Waals surface area contributed by atoms with Gasteiger partial charge in [0.05, 0.1) is 0 Å². The molecule has 128 valence electrons. The molecule has 0 amide bonds. The predicted octanol–water partition coefficient (Wildman–Crippen LogP) is 3.15. The van der Waals surface area contributed by atoms with Crippen LogP contribution in [0.25, 0.3) is 0 Å². The minimum absolute atomic E-state index is 0.0779. The Morgan fingerprint density at radius 3 is 2.65 bits per heavy atom. The summed E-state index contributed by atoms with van der Waals surface area (Å²) in [5.41, 5.74) is -2.00. The van der Waals surface area contributed by atoms with E-state index in [1.54, 1.807) is 0 Å². The van der Waals surface area contributed by atoms with E-state index in [1.165, 1.54) is 6.42 Å². The molecule has 0 saturated heterocycles. The third kappa shape index (κ3) is 1.85. The Morgan fingerprint density at radius 1 is 1.17 bits per heavy atom. The average Bonchev–Trinajstić information content (AvgIpc) is 2.84. The highest BCUT2D eigenvalue weighted by Gasteiger charge is 2.68. The summed E-state index contributed by atoms with van der Waals surface area (Å²) in [5, 5.41) is 19.8. The van der Waals surface area contributed by atoms with E-state index in [-0.39, 0.29) is 30.1 Å². The molecule has 0 aliphatic heterocycles. The minimum Gasteiger partial charge on any atom is -0.360 e. The highest BCUT2D eigenvalue weighted by atomic mass is 19.1. The van der Waals surface area contributed by atoms with Crippen LogP contribution in [0.2, 0.25) is 0 Å². The molecule has 2 N–H and O–H groups in total. The smallest absolute Gasteiger partial charge is 0.224 e. The van der Waals surface area contributed by atoms with Gasteiger partial charge in [-0.25, -0.2) is 4.39 Å². The molecule has 0 aromatic rings. The Kier molecular flexibility index (Phi) is 3.05. The van der Waals surface area contributed by atoms with Crippen LogP contribution in [0.3, 0.4) is 0 Å². The lowest BCUT2D eigenvalue weighted by Gasteiger charge is -2.61. The first kappa shape index (κ1) is 15.8. The second-order valence-corrected chi connectivity index (χ2v) is 9.07. The van der Waals surface area contributed by atoms with Crippen LogP contribution in [0, 0.1) is 28.6 Å². The van der Waals surface area contributed by atoms with E-state index in [2.05, 4.69) is 6.92 Å². The summed E-state index contributed by atoms with van der Waals surface area (Å²) >= 11 is 0. The van der Waals surface area contributed by atoms with E-state index in [0.29, 0.717) is 12.3 Å². The van der Waals surface area contributed by atoms with Gasteiger partial charge in [-0.2, -0.15) is 0 Å². The molecule has 4 aliphatic carbocycles. The molecule has 3 nitrogen and oxygen atoms in total. The zero-order valence-electron chi connectivity index (χ0n) is 14.0. The minimum atomic E-state index is -2.30. The summed E-state index contributed by atoms with van der Waals surface area (Å²) in [5.74, 6) is -3.00. The van der Waals surface area contributed by atoms with Crippen LogP contribution in [0.15, 0.2) is 12.2 Å². The quantitative estimate of drug-likeness (QED) is 0.532. The van der Waals surface area contributed by atoms with E-state index in [1.807, 2.05) is 19.1 Å². The summed E-state index contributed by atoms with van der Waals surface area (Å²) in [7, 11) is 0. The summed E-state index contributed by atoms with van der Waals surface area (Å²) in [4.78, 5) is 12.2. The van der Waals surface area contributed by atoms with Crippen LogP contribution in [-0.4, -0.2) is 27.5 Å². The molecule has 3 saturated carbocycles. The van der Waals surface area contributed by atoms with Crippen LogP contribution in [0.1, 0.15) is 58.8 Å². The van der Waals surface area contributed by atoms with Crippen molar-refractivity contribution in [1.82, 2.24) is 0 Å². The summed E-state index contributed by atoms with van der Waals surface area (Å²) < 4.78 is 16.4. The number of allylic oxidation sites excluding steroid dienone is 2. The van der Waals surface area contributed by atoms with Gasteiger partial charge in [-0.1, -0.05) is 32.4 Å². The van der Waals surface area contributed by atoms with Crippen LogP contribution in [-0.2, 0) is 4.79 Å². The van der Waals surface area contributed by atoms with E-state index < -0.39 is 22.7 Å². The van der Waals surface area contributed by atoms with Gasteiger partial charge in [-0.15, -0.1) is 0 Å². The molecule has 0 radical (unpaired) electrons. The van der Waals surface area contributed by atoms with Crippen molar-refractivity contribution in [2.75, 3.05) is 0 Å². The monoisotopic (exact) mass is 322 g/mol. The number of ketones is 1. The van der Waals surface area contributed by atoms with Crippen LogP contribution in [0.5, 0.6) is 0 Å². The Hall–Kier alpha value is -0.740. The van der Waals surface area contributed by atoms with Crippen molar-refractivity contribution in [3.63, 3.8) is 0 Å². The first-order chi connectivity index (χ1) is 10.6. The first-order valence-electron chi connectivity index (χ1n) is 8.98. The number of alkyl halides is 1. The Labute approximate surface area is 137 Å². The zero-order chi connectivity index (χ0) is 16.7. The lowest BCUT2D eigenvalue weighted by atomic mass is 9.45. The third-order valence-corrected chi connectivity index (χ3v) is 7.98. The number of Topliss-reactive ketones (excluding diaryl/α,β-unsaturated/α-hetero) is 1. The maximum Gasteiger partial charge on any atom is 0.224 e. The summed E-state index contributed by atoms with van der Waals surface area (Å²) in [6.07, 6.45) is 8.58. The van der Waals surface area contributed by atoms with E-state index >= 15 is 4.39 Å². The highest BCUT2D eigenvalue weighted by molar-refractivity contribution is 5.87. The SMILES string of the molecule is C[C@@]12CCC[C@H]1[C@@H]1C=CC3CC(O)(O)C(=O)C[C@]3(C)[C@@]1(F)CC2. The molecule has 4 heteroatoms. The molecule has 6 atom stereocenters. The Balaban J connectivity index is 1.77.